The molecule has 1 aliphatic rings. The first-order valence-corrected chi connectivity index (χ1v) is 10.4. The van der Waals surface area contributed by atoms with Gasteiger partial charge in [0.15, 0.2) is 0 Å². The van der Waals surface area contributed by atoms with Crippen LogP contribution in [0.1, 0.15) is 49.5 Å². The fourth-order valence-corrected chi connectivity index (χ4v) is 3.54. The summed E-state index contributed by atoms with van der Waals surface area (Å²) in [5.74, 6) is 0.103. The summed E-state index contributed by atoms with van der Waals surface area (Å²) in [6, 6.07) is 13.9. The number of fused-ring (bicyclic) bond motifs is 1. The molecule has 0 unspecified atom stereocenters. The maximum atomic E-state index is 12.3. The van der Waals surface area contributed by atoms with Gasteiger partial charge in [-0.05, 0) is 67.6 Å². The van der Waals surface area contributed by atoms with Crippen molar-refractivity contribution in [2.75, 3.05) is 24.6 Å². The lowest BCUT2D eigenvalue weighted by Crippen LogP contribution is -2.27. The van der Waals surface area contributed by atoms with Gasteiger partial charge in [-0.2, -0.15) is 0 Å². The topological polar surface area (TPSA) is 58.6 Å². The van der Waals surface area contributed by atoms with Crippen molar-refractivity contribution in [3.8, 4) is 11.1 Å². The highest BCUT2D eigenvalue weighted by Crippen LogP contribution is 2.32. The van der Waals surface area contributed by atoms with Gasteiger partial charge in [0.1, 0.15) is 0 Å². The van der Waals surface area contributed by atoms with E-state index in [2.05, 4.69) is 11.4 Å². The summed E-state index contributed by atoms with van der Waals surface area (Å²) in [5.41, 5.74) is 5.05. The Morgan fingerprint density at radius 2 is 1.83 bits per heavy atom. The molecule has 0 fully saturated rings. The van der Waals surface area contributed by atoms with E-state index in [1.54, 1.807) is 0 Å². The number of anilines is 1. The Morgan fingerprint density at radius 3 is 2.52 bits per heavy atom. The molecular weight excluding hydrogens is 364 g/mol. The maximum Gasteiger partial charge on any atom is 0.251 e. The second-order valence-electron chi connectivity index (χ2n) is 7.60. The van der Waals surface area contributed by atoms with E-state index in [1.165, 1.54) is 5.56 Å². The number of amides is 2. The molecule has 0 aliphatic carbocycles. The summed E-state index contributed by atoms with van der Waals surface area (Å²) in [6.45, 7) is 7.91. The lowest BCUT2D eigenvalue weighted by Gasteiger charge is -2.16. The zero-order chi connectivity index (χ0) is 20.8. The van der Waals surface area contributed by atoms with Crippen LogP contribution in [0.25, 0.3) is 11.1 Å². The number of nitrogens with zero attached hydrogens (tertiary/aromatic N) is 1. The maximum absolute atomic E-state index is 12.3. The first-order chi connectivity index (χ1) is 14.0. The number of benzene rings is 2. The third-order valence-electron chi connectivity index (χ3n) is 5.12. The molecule has 0 aromatic heterocycles. The van der Waals surface area contributed by atoms with E-state index < -0.39 is 0 Å². The molecule has 2 aromatic carbocycles. The van der Waals surface area contributed by atoms with Crippen LogP contribution < -0.4 is 10.2 Å². The van der Waals surface area contributed by atoms with Crippen molar-refractivity contribution in [1.29, 1.82) is 0 Å². The van der Waals surface area contributed by atoms with Crippen molar-refractivity contribution in [3.63, 3.8) is 0 Å². The summed E-state index contributed by atoms with van der Waals surface area (Å²) >= 11 is 0. The zero-order valence-corrected chi connectivity index (χ0v) is 17.5. The molecule has 1 aliphatic heterocycles. The smallest absolute Gasteiger partial charge is 0.251 e. The van der Waals surface area contributed by atoms with E-state index in [4.69, 9.17) is 4.74 Å². The average Bonchev–Trinajstić information content (AvgIpc) is 3.16. The Labute approximate surface area is 173 Å². The number of nitrogens with one attached hydrogen (secondary N) is 1. The Bertz CT molecular complexity index is 859. The molecule has 0 saturated carbocycles. The van der Waals surface area contributed by atoms with Gasteiger partial charge in [0.2, 0.25) is 5.91 Å². The standard InChI is InChI=1S/C24H30N2O3/c1-4-23(27)26-14-12-21-16-20(10-11-22(21)26)18-6-8-19(9-7-18)24(28)25-13-5-15-29-17(2)3/h6-11,16-17H,4-5,12-15H2,1-3H3,(H,25,28). The highest BCUT2D eigenvalue weighted by atomic mass is 16.5. The number of ether oxygens (including phenoxy) is 1. The van der Waals surface area contributed by atoms with Gasteiger partial charge >= 0.3 is 0 Å². The van der Waals surface area contributed by atoms with Gasteiger partial charge in [-0.3, -0.25) is 9.59 Å². The van der Waals surface area contributed by atoms with E-state index in [0.717, 1.165) is 36.2 Å². The summed E-state index contributed by atoms with van der Waals surface area (Å²) in [4.78, 5) is 26.2. The summed E-state index contributed by atoms with van der Waals surface area (Å²) in [5, 5.41) is 2.93. The van der Waals surface area contributed by atoms with Crippen LogP contribution in [-0.2, 0) is 16.0 Å². The normalized spacial score (nSPS) is 12.9. The number of rotatable bonds is 8. The fourth-order valence-electron chi connectivity index (χ4n) is 3.54. The number of hydrogen-bond acceptors (Lipinski definition) is 3. The third kappa shape index (κ3) is 5.24. The van der Waals surface area contributed by atoms with E-state index in [-0.39, 0.29) is 17.9 Å². The predicted octanol–water partition coefficient (Wildman–Crippen LogP) is 4.20. The van der Waals surface area contributed by atoms with Crippen molar-refractivity contribution in [2.24, 2.45) is 0 Å². The van der Waals surface area contributed by atoms with Crippen LogP contribution in [0.15, 0.2) is 42.5 Å². The van der Waals surface area contributed by atoms with Crippen molar-refractivity contribution >= 4 is 17.5 Å². The van der Waals surface area contributed by atoms with E-state index >= 15 is 0 Å². The van der Waals surface area contributed by atoms with Crippen LogP contribution >= 0.6 is 0 Å². The molecule has 2 aromatic rings. The molecule has 29 heavy (non-hydrogen) atoms. The molecule has 0 atom stereocenters. The largest absolute Gasteiger partial charge is 0.379 e. The number of carbonyl (C=O) groups is 2. The number of carbonyl (C=O) groups excluding carboxylic acids is 2. The van der Waals surface area contributed by atoms with Gasteiger partial charge in [-0.15, -0.1) is 0 Å². The minimum atomic E-state index is -0.0660. The van der Waals surface area contributed by atoms with Crippen LogP contribution in [-0.4, -0.2) is 37.6 Å². The quantitative estimate of drug-likeness (QED) is 0.683. The van der Waals surface area contributed by atoms with Crippen molar-refractivity contribution in [2.45, 2.75) is 46.1 Å². The van der Waals surface area contributed by atoms with Gasteiger partial charge in [-0.1, -0.05) is 25.1 Å². The second-order valence-corrected chi connectivity index (χ2v) is 7.60. The van der Waals surface area contributed by atoms with Crippen LogP contribution in [0.4, 0.5) is 5.69 Å². The van der Waals surface area contributed by atoms with Crippen LogP contribution in [0.5, 0.6) is 0 Å². The lowest BCUT2D eigenvalue weighted by atomic mass is 10.0. The first-order valence-electron chi connectivity index (χ1n) is 10.4. The van der Waals surface area contributed by atoms with Gasteiger partial charge < -0.3 is 15.0 Å². The van der Waals surface area contributed by atoms with Crippen LogP contribution in [0.2, 0.25) is 0 Å². The average molecular weight is 395 g/mol. The minimum Gasteiger partial charge on any atom is -0.379 e. The predicted molar refractivity (Wildman–Crippen MR) is 116 cm³/mol. The summed E-state index contributed by atoms with van der Waals surface area (Å²) < 4.78 is 5.48. The van der Waals surface area contributed by atoms with Gasteiger partial charge in [0.25, 0.3) is 5.91 Å². The Balaban J connectivity index is 1.60. The summed E-state index contributed by atoms with van der Waals surface area (Å²) in [7, 11) is 0. The van der Waals surface area contributed by atoms with Crippen molar-refractivity contribution < 1.29 is 14.3 Å². The van der Waals surface area contributed by atoms with E-state index in [9.17, 15) is 9.59 Å². The van der Waals surface area contributed by atoms with Crippen molar-refractivity contribution in [3.05, 3.63) is 53.6 Å². The second kappa shape index (κ2) is 9.70. The molecule has 1 heterocycles. The molecule has 0 radical (unpaired) electrons. The highest BCUT2D eigenvalue weighted by molar-refractivity contribution is 5.96. The highest BCUT2D eigenvalue weighted by Gasteiger charge is 2.23. The van der Waals surface area contributed by atoms with Crippen molar-refractivity contribution in [1.82, 2.24) is 5.32 Å². The number of hydrogen-bond donors (Lipinski definition) is 1. The molecule has 0 saturated heterocycles. The molecule has 1 N–H and O–H groups in total. The fraction of sp³-hybridized carbons (Fsp3) is 0.417. The SMILES string of the molecule is CCC(=O)N1CCc2cc(-c3ccc(C(=O)NCCCOC(C)C)cc3)ccc21. The van der Waals surface area contributed by atoms with Gasteiger partial charge in [-0.25, -0.2) is 0 Å². The van der Waals surface area contributed by atoms with Crippen LogP contribution in [0, 0.1) is 0 Å². The van der Waals surface area contributed by atoms with E-state index in [0.29, 0.717) is 25.1 Å². The molecule has 0 bridgehead atoms. The van der Waals surface area contributed by atoms with Gasteiger partial charge in [0.05, 0.1) is 6.10 Å². The Hall–Kier alpha value is -2.66. The zero-order valence-electron chi connectivity index (χ0n) is 17.5. The molecule has 5 heteroatoms. The molecule has 2 amide bonds. The van der Waals surface area contributed by atoms with Crippen LogP contribution in [0.3, 0.4) is 0 Å². The molecule has 0 spiro atoms. The third-order valence-corrected chi connectivity index (χ3v) is 5.12. The molecule has 3 rings (SSSR count). The minimum absolute atomic E-state index is 0.0660. The molecule has 154 valence electrons. The molecular formula is C24H30N2O3. The Kier molecular flexibility index (Phi) is 7.04. The first kappa shape index (κ1) is 21.1. The summed E-state index contributed by atoms with van der Waals surface area (Å²) in [6.07, 6.45) is 2.42. The van der Waals surface area contributed by atoms with E-state index in [1.807, 2.05) is 62.1 Å². The Morgan fingerprint density at radius 1 is 1.10 bits per heavy atom. The molecule has 5 nitrogen and oxygen atoms in total. The monoisotopic (exact) mass is 394 g/mol. The lowest BCUT2D eigenvalue weighted by molar-refractivity contribution is -0.118. The van der Waals surface area contributed by atoms with Gasteiger partial charge in [0, 0.05) is 37.4 Å².